The lowest BCUT2D eigenvalue weighted by atomic mass is 10.2. The topological polar surface area (TPSA) is 101 Å². The monoisotopic (exact) mass is 272 g/mol. The first kappa shape index (κ1) is 14.1. The van der Waals surface area contributed by atoms with Crippen molar-refractivity contribution in [2.24, 2.45) is 15.9 Å². The fourth-order valence-corrected chi connectivity index (χ4v) is 1.30. The predicted molar refractivity (Wildman–Crippen MR) is 68.5 cm³/mol. The third-order valence-electron chi connectivity index (χ3n) is 1.98. The van der Waals surface area contributed by atoms with E-state index in [0.29, 0.717) is 17.1 Å². The van der Waals surface area contributed by atoms with E-state index in [1.807, 2.05) is 0 Å². The van der Waals surface area contributed by atoms with E-state index in [1.165, 1.54) is 14.2 Å². The number of nitrogens with two attached hydrogens (primary N) is 1. The molecule has 1 rings (SSSR count). The van der Waals surface area contributed by atoms with Gasteiger partial charge in [0.1, 0.15) is 0 Å². The highest BCUT2D eigenvalue weighted by Gasteiger charge is 2.07. The summed E-state index contributed by atoms with van der Waals surface area (Å²) in [4.78, 5) is 0. The Balaban J connectivity index is 3.03. The lowest BCUT2D eigenvalue weighted by Crippen LogP contribution is -2.27. The Hall–Kier alpha value is -1.99. The number of nitrogens with zero attached hydrogens (tertiary/aromatic N) is 2. The summed E-state index contributed by atoms with van der Waals surface area (Å²) >= 11 is 5.91. The zero-order valence-electron chi connectivity index (χ0n) is 9.85. The van der Waals surface area contributed by atoms with Gasteiger partial charge in [-0.1, -0.05) is 11.6 Å². The van der Waals surface area contributed by atoms with Crippen LogP contribution in [0.3, 0.4) is 0 Å². The van der Waals surface area contributed by atoms with Crippen LogP contribution >= 0.6 is 11.6 Å². The Labute approximate surface area is 109 Å². The number of hydrogen-bond donors (Lipinski definition) is 3. The van der Waals surface area contributed by atoms with E-state index in [-0.39, 0.29) is 11.1 Å². The van der Waals surface area contributed by atoms with Crippen molar-refractivity contribution in [2.45, 2.75) is 0 Å². The fourth-order valence-electron chi connectivity index (χ4n) is 1.14. The molecule has 0 saturated carbocycles. The predicted octanol–water partition coefficient (Wildman–Crippen LogP) is 0.898. The zero-order valence-corrected chi connectivity index (χ0v) is 10.6. The Bertz CT molecular complexity index is 476. The molecule has 0 aromatic heterocycles. The molecule has 98 valence electrons. The van der Waals surface area contributed by atoms with Gasteiger partial charge in [0.15, 0.2) is 16.7 Å². The number of rotatable bonds is 4. The summed E-state index contributed by atoms with van der Waals surface area (Å²) in [5.41, 5.74) is 7.38. The summed E-state index contributed by atoms with van der Waals surface area (Å²) in [5, 5.41) is 15.6. The molecule has 0 aliphatic rings. The maximum Gasteiger partial charge on any atom is 0.237 e. The molecule has 18 heavy (non-hydrogen) atoms. The first-order chi connectivity index (χ1) is 8.62. The highest BCUT2D eigenvalue weighted by Crippen LogP contribution is 2.28. The smallest absolute Gasteiger partial charge is 0.237 e. The van der Waals surface area contributed by atoms with Gasteiger partial charge in [0.25, 0.3) is 0 Å². The van der Waals surface area contributed by atoms with Gasteiger partial charge in [0, 0.05) is 5.56 Å². The molecule has 0 bridgehead atoms. The van der Waals surface area contributed by atoms with Crippen molar-refractivity contribution >= 4 is 22.7 Å². The molecule has 1 aromatic rings. The van der Waals surface area contributed by atoms with E-state index < -0.39 is 0 Å². The average Bonchev–Trinajstić information content (AvgIpc) is 2.43. The van der Waals surface area contributed by atoms with Crippen LogP contribution in [-0.2, 0) is 0 Å². The molecule has 0 fully saturated rings. The second kappa shape index (κ2) is 6.67. The zero-order chi connectivity index (χ0) is 13.5. The van der Waals surface area contributed by atoms with E-state index in [0.717, 1.165) is 0 Å². The molecule has 0 atom stereocenters. The molecular formula is C10H13ClN4O3. The summed E-state index contributed by atoms with van der Waals surface area (Å²) in [6, 6.07) is 5.01. The van der Waals surface area contributed by atoms with Crippen LogP contribution in [0.1, 0.15) is 5.56 Å². The van der Waals surface area contributed by atoms with Crippen LogP contribution in [0.2, 0.25) is 0 Å². The van der Waals surface area contributed by atoms with E-state index in [1.54, 1.807) is 23.7 Å². The minimum Gasteiger partial charge on any atom is -0.493 e. The fraction of sp³-hybridized carbons (Fsp3) is 0.200. The number of methoxy groups -OCH3 is 2. The van der Waals surface area contributed by atoms with Crippen molar-refractivity contribution in [2.75, 3.05) is 14.2 Å². The molecule has 0 saturated heterocycles. The minimum absolute atomic E-state index is 0.0918. The van der Waals surface area contributed by atoms with Gasteiger partial charge in [-0.15, -0.1) is 10.2 Å². The second-order valence-corrected chi connectivity index (χ2v) is 3.42. The van der Waals surface area contributed by atoms with Gasteiger partial charge >= 0.3 is 0 Å². The van der Waals surface area contributed by atoms with Crippen LogP contribution in [-0.4, -0.2) is 30.6 Å². The van der Waals surface area contributed by atoms with Crippen LogP contribution in [0.4, 0.5) is 0 Å². The molecule has 4 N–H and O–H groups in total. The number of hydroxylamine groups is 1. The van der Waals surface area contributed by atoms with Crippen molar-refractivity contribution in [3.8, 4) is 11.5 Å². The van der Waals surface area contributed by atoms with E-state index >= 15 is 0 Å². The number of benzene rings is 1. The van der Waals surface area contributed by atoms with Crippen LogP contribution in [0.25, 0.3) is 0 Å². The van der Waals surface area contributed by atoms with Crippen LogP contribution in [0.5, 0.6) is 11.5 Å². The van der Waals surface area contributed by atoms with Crippen LogP contribution < -0.4 is 20.7 Å². The quantitative estimate of drug-likeness (QED) is 0.429. The Morgan fingerprint density at radius 2 is 1.94 bits per heavy atom. The minimum atomic E-state index is -0.270. The largest absolute Gasteiger partial charge is 0.493 e. The second-order valence-electron chi connectivity index (χ2n) is 3.06. The third kappa shape index (κ3) is 3.51. The average molecular weight is 273 g/mol. The van der Waals surface area contributed by atoms with Gasteiger partial charge in [-0.25, -0.2) is 5.48 Å². The summed E-state index contributed by atoms with van der Waals surface area (Å²) in [6.07, 6.45) is 0. The number of hydrogen-bond acceptors (Lipinski definition) is 5. The van der Waals surface area contributed by atoms with Gasteiger partial charge in [0.05, 0.1) is 14.2 Å². The van der Waals surface area contributed by atoms with Crippen molar-refractivity contribution < 1.29 is 14.7 Å². The molecule has 0 aliphatic heterocycles. The van der Waals surface area contributed by atoms with Crippen molar-refractivity contribution in [3.05, 3.63) is 23.8 Å². The van der Waals surface area contributed by atoms with Gasteiger partial charge in [-0.3, -0.25) is 5.21 Å². The van der Waals surface area contributed by atoms with E-state index in [4.69, 9.17) is 32.0 Å². The van der Waals surface area contributed by atoms with Crippen molar-refractivity contribution in [1.82, 2.24) is 5.48 Å². The maximum atomic E-state index is 8.41. The molecule has 1 aromatic carbocycles. The highest BCUT2D eigenvalue weighted by molar-refractivity contribution is 6.69. The van der Waals surface area contributed by atoms with E-state index in [9.17, 15) is 0 Å². The molecule has 0 unspecified atom stereocenters. The summed E-state index contributed by atoms with van der Waals surface area (Å²) in [6.45, 7) is 0. The summed E-state index contributed by atoms with van der Waals surface area (Å²) < 4.78 is 10.2. The Morgan fingerprint density at radius 3 is 2.50 bits per heavy atom. The highest BCUT2D eigenvalue weighted by atomic mass is 35.5. The lowest BCUT2D eigenvalue weighted by Gasteiger charge is -2.08. The van der Waals surface area contributed by atoms with Gasteiger partial charge < -0.3 is 15.2 Å². The number of nitrogens with one attached hydrogen (secondary N) is 1. The van der Waals surface area contributed by atoms with Gasteiger partial charge in [0.2, 0.25) is 5.96 Å². The maximum absolute atomic E-state index is 8.41. The van der Waals surface area contributed by atoms with Gasteiger partial charge in [-0.2, -0.15) is 0 Å². The standard InChI is InChI=1S/C10H13ClN4O3/c1-17-7-4-3-6(5-8(7)18-2)9(11)13-14-10(12)15-16/h3-5,16H,1-2H3,(H3,12,14,15). The Kier molecular flexibility index (Phi) is 5.22. The SMILES string of the molecule is COc1ccc(C(Cl)=N/N=C(/N)NO)cc1OC. The molecule has 8 heteroatoms. The lowest BCUT2D eigenvalue weighted by molar-refractivity contribution is 0.232. The summed E-state index contributed by atoms with van der Waals surface area (Å²) in [5.74, 6) is 0.819. The summed E-state index contributed by atoms with van der Waals surface area (Å²) in [7, 11) is 3.05. The van der Waals surface area contributed by atoms with Crippen LogP contribution in [0.15, 0.2) is 28.4 Å². The molecule has 0 amide bonds. The molecule has 0 radical (unpaired) electrons. The molecule has 0 aliphatic carbocycles. The molecular weight excluding hydrogens is 260 g/mol. The van der Waals surface area contributed by atoms with Crippen LogP contribution in [0, 0.1) is 0 Å². The first-order valence-electron chi connectivity index (χ1n) is 4.81. The number of guanidine groups is 1. The number of halogens is 1. The number of ether oxygens (including phenoxy) is 2. The third-order valence-corrected chi connectivity index (χ3v) is 2.28. The van der Waals surface area contributed by atoms with Crippen molar-refractivity contribution in [3.63, 3.8) is 0 Å². The Morgan fingerprint density at radius 1 is 1.28 bits per heavy atom. The van der Waals surface area contributed by atoms with Crippen molar-refractivity contribution in [1.29, 1.82) is 0 Å². The first-order valence-corrected chi connectivity index (χ1v) is 5.19. The molecule has 0 heterocycles. The van der Waals surface area contributed by atoms with Gasteiger partial charge in [-0.05, 0) is 18.2 Å². The molecule has 0 spiro atoms. The normalized spacial score (nSPS) is 12.2. The van der Waals surface area contributed by atoms with E-state index in [2.05, 4.69) is 10.2 Å². The molecule has 7 nitrogen and oxygen atoms in total.